The number of thiophene rings is 1. The van der Waals surface area contributed by atoms with Crippen LogP contribution in [0.2, 0.25) is 0 Å². The summed E-state index contributed by atoms with van der Waals surface area (Å²) >= 11 is 1.64. The molecule has 21 heavy (non-hydrogen) atoms. The van der Waals surface area contributed by atoms with Gasteiger partial charge in [-0.2, -0.15) is 0 Å². The third kappa shape index (κ3) is 4.77. The molecule has 1 aromatic heterocycles. The van der Waals surface area contributed by atoms with E-state index in [0.717, 1.165) is 12.1 Å². The summed E-state index contributed by atoms with van der Waals surface area (Å²) in [6.45, 7) is 2.37. The van der Waals surface area contributed by atoms with Gasteiger partial charge in [0.1, 0.15) is 18.5 Å². The molecule has 2 rings (SSSR count). The van der Waals surface area contributed by atoms with E-state index in [0.29, 0.717) is 6.54 Å². The van der Waals surface area contributed by atoms with E-state index in [4.69, 9.17) is 4.74 Å². The summed E-state index contributed by atoms with van der Waals surface area (Å²) in [7, 11) is 0. The van der Waals surface area contributed by atoms with Crippen LogP contribution in [0.3, 0.4) is 0 Å². The first kappa shape index (κ1) is 15.9. The molecule has 0 radical (unpaired) electrons. The van der Waals surface area contributed by atoms with Crippen molar-refractivity contribution in [1.29, 1.82) is 0 Å². The minimum absolute atomic E-state index is 0.00916. The Hall–Kier alpha value is -1.50. The fraction of sp³-hybridized carbons (Fsp3) is 0.333. The van der Waals surface area contributed by atoms with Gasteiger partial charge in [0.2, 0.25) is 0 Å². The smallest absolute Gasteiger partial charge is 0.162 e. The topological polar surface area (TPSA) is 41.5 Å². The van der Waals surface area contributed by atoms with Gasteiger partial charge in [-0.15, -0.1) is 11.3 Å². The molecular formula is C15H17F2NO2S. The highest BCUT2D eigenvalue weighted by atomic mass is 32.1. The number of hydrogen-bond acceptors (Lipinski definition) is 4. The zero-order chi connectivity index (χ0) is 15.2. The SMILES string of the molecule is CC(NCC(O)COc1ccc(F)c(F)c1)c1cccs1. The van der Waals surface area contributed by atoms with Gasteiger partial charge in [0.15, 0.2) is 11.6 Å². The highest BCUT2D eigenvalue weighted by Gasteiger charge is 2.11. The molecule has 2 aromatic rings. The molecule has 0 aliphatic rings. The third-order valence-corrected chi connectivity index (χ3v) is 4.02. The maximum atomic E-state index is 13.0. The molecular weight excluding hydrogens is 296 g/mol. The van der Waals surface area contributed by atoms with Crippen molar-refractivity contribution in [2.45, 2.75) is 19.1 Å². The van der Waals surface area contributed by atoms with Crippen molar-refractivity contribution in [3.05, 3.63) is 52.2 Å². The molecule has 2 N–H and O–H groups in total. The quantitative estimate of drug-likeness (QED) is 0.825. The lowest BCUT2D eigenvalue weighted by atomic mass is 10.2. The largest absolute Gasteiger partial charge is 0.491 e. The van der Waals surface area contributed by atoms with Crippen molar-refractivity contribution in [2.75, 3.05) is 13.2 Å². The Kier molecular flexibility index (Phi) is 5.67. The van der Waals surface area contributed by atoms with Crippen molar-refractivity contribution in [3.8, 4) is 5.75 Å². The standard InChI is InChI=1S/C15H17F2NO2S/c1-10(15-3-2-6-21-15)18-8-11(19)9-20-12-4-5-13(16)14(17)7-12/h2-7,10-11,18-19H,8-9H2,1H3. The van der Waals surface area contributed by atoms with Crippen molar-refractivity contribution >= 4 is 11.3 Å². The van der Waals surface area contributed by atoms with Crippen molar-refractivity contribution in [2.24, 2.45) is 0 Å². The molecule has 6 heteroatoms. The van der Waals surface area contributed by atoms with Crippen LogP contribution < -0.4 is 10.1 Å². The normalized spacial score (nSPS) is 13.9. The molecule has 1 heterocycles. The Bertz CT molecular complexity index is 563. The number of ether oxygens (including phenoxy) is 1. The summed E-state index contributed by atoms with van der Waals surface area (Å²) in [6.07, 6.45) is -0.736. The van der Waals surface area contributed by atoms with Crippen molar-refractivity contribution < 1.29 is 18.6 Å². The van der Waals surface area contributed by atoms with Crippen LogP contribution in [0, 0.1) is 11.6 Å². The Morgan fingerprint density at radius 1 is 1.29 bits per heavy atom. The van der Waals surface area contributed by atoms with E-state index in [1.807, 2.05) is 24.4 Å². The molecule has 0 amide bonds. The number of benzene rings is 1. The highest BCUT2D eigenvalue weighted by molar-refractivity contribution is 7.10. The zero-order valence-electron chi connectivity index (χ0n) is 11.6. The molecule has 2 unspecified atom stereocenters. The Morgan fingerprint density at radius 3 is 2.76 bits per heavy atom. The van der Waals surface area contributed by atoms with E-state index in [1.165, 1.54) is 10.9 Å². The number of hydrogen-bond donors (Lipinski definition) is 2. The second-order valence-electron chi connectivity index (χ2n) is 4.69. The second-order valence-corrected chi connectivity index (χ2v) is 5.67. The van der Waals surface area contributed by atoms with Gasteiger partial charge in [-0.25, -0.2) is 8.78 Å². The van der Waals surface area contributed by atoms with E-state index in [-0.39, 0.29) is 18.4 Å². The average Bonchev–Trinajstić information content (AvgIpc) is 3.00. The first-order chi connectivity index (χ1) is 10.1. The van der Waals surface area contributed by atoms with Crippen LogP contribution in [0.15, 0.2) is 35.7 Å². The molecule has 0 saturated heterocycles. The molecule has 0 bridgehead atoms. The number of rotatable bonds is 7. The summed E-state index contributed by atoms with van der Waals surface area (Å²) in [5.41, 5.74) is 0. The number of nitrogens with one attached hydrogen (secondary N) is 1. The van der Waals surface area contributed by atoms with Gasteiger partial charge in [-0.3, -0.25) is 0 Å². The lowest BCUT2D eigenvalue weighted by molar-refractivity contribution is 0.104. The van der Waals surface area contributed by atoms with E-state index < -0.39 is 17.7 Å². The maximum absolute atomic E-state index is 13.0. The Balaban J connectivity index is 1.74. The lowest BCUT2D eigenvalue weighted by Crippen LogP contribution is -2.32. The maximum Gasteiger partial charge on any atom is 0.162 e. The van der Waals surface area contributed by atoms with Crippen LogP contribution in [0.25, 0.3) is 0 Å². The first-order valence-electron chi connectivity index (χ1n) is 6.59. The summed E-state index contributed by atoms with van der Waals surface area (Å²) < 4.78 is 31.0. The van der Waals surface area contributed by atoms with Gasteiger partial charge >= 0.3 is 0 Å². The first-order valence-corrected chi connectivity index (χ1v) is 7.47. The van der Waals surface area contributed by atoms with Gasteiger partial charge in [-0.05, 0) is 30.5 Å². The average molecular weight is 313 g/mol. The minimum Gasteiger partial charge on any atom is -0.491 e. The molecule has 0 saturated carbocycles. The fourth-order valence-corrected chi connectivity index (χ4v) is 2.53. The fourth-order valence-electron chi connectivity index (χ4n) is 1.77. The molecule has 3 nitrogen and oxygen atoms in total. The highest BCUT2D eigenvalue weighted by Crippen LogP contribution is 2.18. The molecule has 114 valence electrons. The molecule has 0 fully saturated rings. The number of aliphatic hydroxyl groups is 1. The van der Waals surface area contributed by atoms with Crippen LogP contribution in [0.1, 0.15) is 17.8 Å². The Labute approximate surface area is 126 Å². The summed E-state index contributed by atoms with van der Waals surface area (Å²) in [4.78, 5) is 1.18. The van der Waals surface area contributed by atoms with Crippen LogP contribution in [-0.4, -0.2) is 24.4 Å². The summed E-state index contributed by atoms with van der Waals surface area (Å²) in [6, 6.07) is 7.42. The second kappa shape index (κ2) is 7.49. The molecule has 0 aliphatic heterocycles. The van der Waals surface area contributed by atoms with Gasteiger partial charge < -0.3 is 15.2 Å². The minimum atomic E-state index is -0.966. The molecule has 0 spiro atoms. The van der Waals surface area contributed by atoms with Crippen molar-refractivity contribution in [1.82, 2.24) is 5.32 Å². The predicted molar refractivity (Wildman–Crippen MR) is 78.6 cm³/mol. The molecule has 2 atom stereocenters. The van der Waals surface area contributed by atoms with Gasteiger partial charge in [0.25, 0.3) is 0 Å². The predicted octanol–water partition coefficient (Wildman–Crippen LogP) is 3.12. The van der Waals surface area contributed by atoms with Gasteiger partial charge in [-0.1, -0.05) is 6.07 Å². The summed E-state index contributed by atoms with van der Waals surface area (Å²) in [5.74, 6) is -1.69. The van der Waals surface area contributed by atoms with Gasteiger partial charge in [0, 0.05) is 23.5 Å². The van der Waals surface area contributed by atoms with E-state index in [9.17, 15) is 13.9 Å². The zero-order valence-corrected chi connectivity index (χ0v) is 12.4. The van der Waals surface area contributed by atoms with Crippen LogP contribution in [-0.2, 0) is 0 Å². The van der Waals surface area contributed by atoms with E-state index >= 15 is 0 Å². The van der Waals surface area contributed by atoms with Crippen molar-refractivity contribution in [3.63, 3.8) is 0 Å². The number of halogens is 2. The van der Waals surface area contributed by atoms with E-state index in [2.05, 4.69) is 5.32 Å². The third-order valence-electron chi connectivity index (χ3n) is 2.96. The molecule has 1 aromatic carbocycles. The van der Waals surface area contributed by atoms with Gasteiger partial charge in [0.05, 0.1) is 0 Å². The molecule has 0 aliphatic carbocycles. The van der Waals surface area contributed by atoms with Crippen LogP contribution >= 0.6 is 11.3 Å². The van der Waals surface area contributed by atoms with Crippen LogP contribution in [0.4, 0.5) is 8.78 Å². The van der Waals surface area contributed by atoms with E-state index in [1.54, 1.807) is 11.3 Å². The number of aliphatic hydroxyl groups excluding tert-OH is 1. The Morgan fingerprint density at radius 2 is 2.10 bits per heavy atom. The monoisotopic (exact) mass is 313 g/mol. The van der Waals surface area contributed by atoms with Crippen LogP contribution in [0.5, 0.6) is 5.75 Å². The summed E-state index contributed by atoms with van der Waals surface area (Å²) in [5, 5.41) is 15.0. The lowest BCUT2D eigenvalue weighted by Gasteiger charge is -2.16.